The van der Waals surface area contributed by atoms with E-state index in [0.717, 1.165) is 0 Å². The Morgan fingerprint density at radius 2 is 0.600 bits per heavy atom. The summed E-state index contributed by atoms with van der Waals surface area (Å²) in [5, 5.41) is 6.42. The Hall–Kier alpha value is -7.06. The van der Waals surface area contributed by atoms with E-state index in [1.54, 1.807) is 121 Å². The fourth-order valence-electron chi connectivity index (χ4n) is 7.12. The van der Waals surface area contributed by atoms with Gasteiger partial charge in [-0.1, -0.05) is 72.8 Å². The van der Waals surface area contributed by atoms with Crippen LogP contribution in [0, 0.1) is 0 Å². The van der Waals surface area contributed by atoms with Gasteiger partial charge in [0, 0.05) is 67.0 Å². The van der Waals surface area contributed by atoms with Gasteiger partial charge < -0.3 is 10.6 Å². The highest BCUT2D eigenvalue weighted by Crippen LogP contribution is 2.39. The van der Waals surface area contributed by atoms with E-state index >= 15 is 0 Å². The Bertz CT molecular complexity index is 2440. The second-order valence-corrected chi connectivity index (χ2v) is 12.3. The van der Waals surface area contributed by atoms with E-state index in [-0.39, 0.29) is 68.1 Å². The smallest absolute Gasteiger partial charge is 0.196 e. The van der Waals surface area contributed by atoms with Crippen molar-refractivity contribution in [3.05, 3.63) is 188 Å². The number of benzene rings is 6. The van der Waals surface area contributed by atoms with Crippen molar-refractivity contribution >= 4 is 57.4 Å². The molecule has 9 rings (SSSR count). The summed E-state index contributed by atoms with van der Waals surface area (Å²) in [5.74, 6) is -1.75. The van der Waals surface area contributed by atoms with Gasteiger partial charge in [-0.25, -0.2) is 0 Å². The van der Waals surface area contributed by atoms with Crippen LogP contribution in [0.15, 0.2) is 121 Å². The predicted octanol–water partition coefficient (Wildman–Crippen LogP) is 7.50. The maximum atomic E-state index is 14.1. The van der Waals surface area contributed by atoms with Crippen LogP contribution in [0.5, 0.6) is 0 Å². The van der Waals surface area contributed by atoms with Gasteiger partial charge in [-0.2, -0.15) is 0 Å². The minimum absolute atomic E-state index is 0.184. The van der Waals surface area contributed by atoms with Gasteiger partial charge >= 0.3 is 0 Å². The third kappa shape index (κ3) is 4.18. The molecule has 0 aliphatic heterocycles. The van der Waals surface area contributed by atoms with Crippen LogP contribution < -0.4 is 10.6 Å². The molecule has 0 fully saturated rings. The second kappa shape index (κ2) is 10.7. The van der Waals surface area contributed by atoms with Gasteiger partial charge in [0.15, 0.2) is 34.7 Å². The van der Waals surface area contributed by atoms with Crippen LogP contribution >= 0.6 is 0 Å². The highest BCUT2D eigenvalue weighted by atomic mass is 16.2. The highest BCUT2D eigenvalue weighted by Gasteiger charge is 2.35. The lowest BCUT2D eigenvalue weighted by Gasteiger charge is -2.24. The maximum Gasteiger partial charge on any atom is 0.196 e. The van der Waals surface area contributed by atoms with Crippen molar-refractivity contribution in [3.63, 3.8) is 0 Å². The molecule has 0 unspecified atom stereocenters. The Morgan fingerprint density at radius 1 is 0.280 bits per heavy atom. The van der Waals surface area contributed by atoms with Gasteiger partial charge in [0.2, 0.25) is 0 Å². The summed E-state index contributed by atoms with van der Waals surface area (Å²) in [6.45, 7) is 0. The monoisotopic (exact) mass is 650 g/mol. The third-order valence-electron chi connectivity index (χ3n) is 9.48. The Balaban J connectivity index is 1.05. The summed E-state index contributed by atoms with van der Waals surface area (Å²) in [5.41, 5.74) is 4.96. The maximum absolute atomic E-state index is 14.1. The van der Waals surface area contributed by atoms with Gasteiger partial charge in [-0.15, -0.1) is 0 Å². The standard InChI is InChI=1S/C42H22N2O6/c45-37-23-7-1-3-9-25(23)39(47)31-19-21(15-17-27(31)37)43-33-13-5-11-29-35(33)41(49)30-12-6-14-34(36(30)42(29)50)44-22-16-18-28-32(20-22)40(48)26-10-4-2-8-24(26)38(28)46/h1-20,43-44H. The van der Waals surface area contributed by atoms with Crippen molar-refractivity contribution in [1.82, 2.24) is 0 Å². The number of carbonyl (C=O) groups is 6. The molecule has 0 atom stereocenters. The van der Waals surface area contributed by atoms with E-state index in [1.165, 1.54) is 0 Å². The van der Waals surface area contributed by atoms with Gasteiger partial charge in [-0.3, -0.25) is 28.8 Å². The molecule has 50 heavy (non-hydrogen) atoms. The molecule has 6 aromatic rings. The number of nitrogens with one attached hydrogen (secondary N) is 2. The molecule has 3 aliphatic rings. The van der Waals surface area contributed by atoms with Crippen LogP contribution in [0.4, 0.5) is 22.7 Å². The van der Waals surface area contributed by atoms with Crippen LogP contribution in [0.25, 0.3) is 0 Å². The average molecular weight is 651 g/mol. The molecule has 0 saturated carbocycles. The van der Waals surface area contributed by atoms with Crippen molar-refractivity contribution < 1.29 is 28.8 Å². The fraction of sp³-hybridized carbons (Fsp3) is 0. The van der Waals surface area contributed by atoms with E-state index in [9.17, 15) is 28.8 Å². The molecule has 236 valence electrons. The largest absolute Gasteiger partial charge is 0.355 e. The summed E-state index contributed by atoms with van der Waals surface area (Å²) in [7, 11) is 0. The molecular weight excluding hydrogens is 628 g/mol. The van der Waals surface area contributed by atoms with E-state index in [0.29, 0.717) is 56.1 Å². The zero-order valence-corrected chi connectivity index (χ0v) is 26.0. The highest BCUT2D eigenvalue weighted by molar-refractivity contribution is 6.33. The van der Waals surface area contributed by atoms with Crippen molar-refractivity contribution in [2.75, 3.05) is 10.6 Å². The molecule has 6 aromatic carbocycles. The third-order valence-corrected chi connectivity index (χ3v) is 9.48. The van der Waals surface area contributed by atoms with Crippen molar-refractivity contribution in [3.8, 4) is 0 Å². The number of carbonyl (C=O) groups excluding carboxylic acids is 6. The molecule has 2 N–H and O–H groups in total. The van der Waals surface area contributed by atoms with Crippen LogP contribution in [0.3, 0.4) is 0 Å². The van der Waals surface area contributed by atoms with E-state index in [1.807, 2.05) is 0 Å². The molecule has 0 spiro atoms. The molecule has 0 radical (unpaired) electrons. The lowest BCUT2D eigenvalue weighted by Crippen LogP contribution is -2.23. The van der Waals surface area contributed by atoms with Gasteiger partial charge in [0.1, 0.15) is 0 Å². The van der Waals surface area contributed by atoms with Crippen molar-refractivity contribution in [2.45, 2.75) is 0 Å². The summed E-state index contributed by atoms with van der Waals surface area (Å²) in [6, 6.07) is 33.0. The van der Waals surface area contributed by atoms with Crippen LogP contribution in [0.1, 0.15) is 95.5 Å². The molecular formula is C42H22N2O6. The SMILES string of the molecule is O=C1c2ccccc2C(=O)c2cc(Nc3cccc4c3C(=O)c3cccc(Nc5ccc6c(c5)C(=O)c5ccccc5C6=O)c3C4=O)ccc21. The lowest BCUT2D eigenvalue weighted by atomic mass is 9.82. The minimum atomic E-state index is -0.373. The first-order chi connectivity index (χ1) is 24.3. The zero-order chi connectivity index (χ0) is 34.3. The first-order valence-corrected chi connectivity index (χ1v) is 15.8. The van der Waals surface area contributed by atoms with Crippen LogP contribution in [0.2, 0.25) is 0 Å². The molecule has 0 aromatic heterocycles. The molecule has 0 heterocycles. The van der Waals surface area contributed by atoms with E-state index < -0.39 is 0 Å². The molecule has 0 saturated heterocycles. The summed E-state index contributed by atoms with van der Waals surface area (Å²) in [4.78, 5) is 81.1. The van der Waals surface area contributed by atoms with Crippen molar-refractivity contribution in [2.24, 2.45) is 0 Å². The number of fused-ring (bicyclic) bond motifs is 6. The summed E-state index contributed by atoms with van der Waals surface area (Å²) in [6.07, 6.45) is 0. The van der Waals surface area contributed by atoms with Crippen LogP contribution in [-0.2, 0) is 0 Å². The van der Waals surface area contributed by atoms with Gasteiger partial charge in [0.25, 0.3) is 0 Å². The fourth-order valence-corrected chi connectivity index (χ4v) is 7.12. The topological polar surface area (TPSA) is 126 Å². The number of anilines is 4. The van der Waals surface area contributed by atoms with Gasteiger partial charge in [-0.05, 0) is 48.5 Å². The second-order valence-electron chi connectivity index (χ2n) is 12.3. The average Bonchev–Trinajstić information content (AvgIpc) is 3.15. The Kier molecular flexibility index (Phi) is 6.25. The summed E-state index contributed by atoms with van der Waals surface area (Å²) < 4.78 is 0. The Labute approximate surface area is 284 Å². The number of rotatable bonds is 4. The predicted molar refractivity (Wildman–Crippen MR) is 186 cm³/mol. The number of hydrogen-bond acceptors (Lipinski definition) is 8. The first kappa shape index (κ1) is 29.1. The van der Waals surface area contributed by atoms with Gasteiger partial charge in [0.05, 0.1) is 22.5 Å². The van der Waals surface area contributed by atoms with E-state index in [4.69, 9.17) is 0 Å². The molecule has 3 aliphatic carbocycles. The molecule has 0 amide bonds. The molecule has 8 heteroatoms. The number of ketones is 6. The molecule has 8 nitrogen and oxygen atoms in total. The Morgan fingerprint density at radius 3 is 0.980 bits per heavy atom. The van der Waals surface area contributed by atoms with Crippen LogP contribution in [-0.4, -0.2) is 34.7 Å². The first-order valence-electron chi connectivity index (χ1n) is 15.8. The number of hydrogen-bond donors (Lipinski definition) is 2. The quantitative estimate of drug-likeness (QED) is 0.201. The normalized spacial score (nSPS) is 13.8. The molecule has 0 bridgehead atoms. The lowest BCUT2D eigenvalue weighted by molar-refractivity contribution is 0.0979. The van der Waals surface area contributed by atoms with E-state index in [2.05, 4.69) is 10.6 Å². The van der Waals surface area contributed by atoms with Crippen molar-refractivity contribution in [1.29, 1.82) is 0 Å². The zero-order valence-electron chi connectivity index (χ0n) is 26.0. The summed E-state index contributed by atoms with van der Waals surface area (Å²) >= 11 is 0. The minimum Gasteiger partial charge on any atom is -0.355 e.